The predicted octanol–water partition coefficient (Wildman–Crippen LogP) is 6.80. The fourth-order valence-electron chi connectivity index (χ4n) is 4.09. The van der Waals surface area contributed by atoms with Gasteiger partial charge in [-0.1, -0.05) is 74.9 Å². The monoisotopic (exact) mass is 332 g/mol. The molecule has 0 amide bonds. The molecular formula is C24H28O. The normalized spacial score (nSPS) is 20.2. The number of ketones is 1. The average molecular weight is 332 g/mol. The molecule has 1 nitrogen and oxygen atoms in total. The Bertz CT molecular complexity index is 701. The fourth-order valence-corrected chi connectivity index (χ4v) is 4.09. The summed E-state index contributed by atoms with van der Waals surface area (Å²) in [5.74, 6) is 1.66. The summed E-state index contributed by atoms with van der Waals surface area (Å²) in [6.45, 7) is 5.83. The highest BCUT2D eigenvalue weighted by atomic mass is 16.1. The van der Waals surface area contributed by atoms with Crippen molar-refractivity contribution < 1.29 is 4.79 Å². The van der Waals surface area contributed by atoms with Crippen LogP contribution in [0, 0.1) is 5.92 Å². The third-order valence-electron chi connectivity index (χ3n) is 5.61. The minimum atomic E-state index is -0.0272. The zero-order valence-corrected chi connectivity index (χ0v) is 15.2. The summed E-state index contributed by atoms with van der Waals surface area (Å²) >= 11 is 0. The lowest BCUT2D eigenvalue weighted by Gasteiger charge is -2.28. The Labute approximate surface area is 151 Å². The maximum atomic E-state index is 11.6. The molecule has 0 aromatic heterocycles. The van der Waals surface area contributed by atoms with Crippen molar-refractivity contribution in [1.29, 1.82) is 0 Å². The van der Waals surface area contributed by atoms with E-state index in [1.54, 1.807) is 0 Å². The lowest BCUT2D eigenvalue weighted by molar-refractivity contribution is 0.104. The van der Waals surface area contributed by atoms with Crippen LogP contribution in [0.5, 0.6) is 0 Å². The van der Waals surface area contributed by atoms with Gasteiger partial charge in [-0.05, 0) is 60.3 Å². The number of allylic oxidation sites excluding steroid dienone is 1. The molecule has 1 aliphatic carbocycles. The highest BCUT2D eigenvalue weighted by molar-refractivity contribution is 6.04. The summed E-state index contributed by atoms with van der Waals surface area (Å²) in [4.78, 5) is 11.6. The fraction of sp³-hybridized carbons (Fsp3) is 0.375. The molecule has 130 valence electrons. The zero-order valence-electron chi connectivity index (χ0n) is 15.2. The van der Waals surface area contributed by atoms with E-state index in [4.69, 9.17) is 0 Å². The Morgan fingerprint density at radius 3 is 2.04 bits per heavy atom. The maximum absolute atomic E-state index is 11.6. The van der Waals surface area contributed by atoms with Crippen LogP contribution in [0.2, 0.25) is 0 Å². The van der Waals surface area contributed by atoms with Gasteiger partial charge < -0.3 is 0 Å². The molecule has 0 atom stereocenters. The predicted molar refractivity (Wildman–Crippen MR) is 106 cm³/mol. The Morgan fingerprint density at radius 2 is 1.52 bits per heavy atom. The van der Waals surface area contributed by atoms with Crippen molar-refractivity contribution in [1.82, 2.24) is 0 Å². The minimum absolute atomic E-state index is 0.0272. The molecule has 0 aliphatic heterocycles. The Hall–Kier alpha value is -2.15. The standard InChI is InChI=1S/C24H28O/c1-3-5-18-6-8-19(9-7-18)20-10-12-21(13-11-20)22-14-16-23(17-15-22)24(25)4-2/h4,10-19H,2-3,5-9H2,1H3. The molecule has 3 rings (SSSR count). The summed E-state index contributed by atoms with van der Waals surface area (Å²) < 4.78 is 0. The minimum Gasteiger partial charge on any atom is -0.289 e. The highest BCUT2D eigenvalue weighted by Crippen LogP contribution is 2.38. The van der Waals surface area contributed by atoms with Crippen LogP contribution in [0.15, 0.2) is 61.2 Å². The van der Waals surface area contributed by atoms with Gasteiger partial charge in [-0.2, -0.15) is 0 Å². The van der Waals surface area contributed by atoms with Crippen LogP contribution in [0.3, 0.4) is 0 Å². The molecule has 0 radical (unpaired) electrons. The van der Waals surface area contributed by atoms with E-state index in [1.165, 1.54) is 55.7 Å². The van der Waals surface area contributed by atoms with Crippen LogP contribution >= 0.6 is 0 Å². The number of hydrogen-bond donors (Lipinski definition) is 0. The van der Waals surface area contributed by atoms with Crippen molar-refractivity contribution in [2.24, 2.45) is 5.92 Å². The van der Waals surface area contributed by atoms with Crippen molar-refractivity contribution in [3.05, 3.63) is 72.3 Å². The number of carbonyl (C=O) groups excluding carboxylic acids is 1. The third kappa shape index (κ3) is 4.28. The van der Waals surface area contributed by atoms with E-state index in [1.807, 2.05) is 24.3 Å². The summed E-state index contributed by atoms with van der Waals surface area (Å²) in [5.41, 5.74) is 4.54. The van der Waals surface area contributed by atoms with Crippen LogP contribution in [0.4, 0.5) is 0 Å². The van der Waals surface area contributed by atoms with Gasteiger partial charge in [-0.25, -0.2) is 0 Å². The van der Waals surface area contributed by atoms with Gasteiger partial charge in [0.1, 0.15) is 0 Å². The Morgan fingerprint density at radius 1 is 0.960 bits per heavy atom. The quantitative estimate of drug-likeness (QED) is 0.420. The van der Waals surface area contributed by atoms with Crippen LogP contribution in [-0.4, -0.2) is 5.78 Å². The van der Waals surface area contributed by atoms with Gasteiger partial charge >= 0.3 is 0 Å². The highest BCUT2D eigenvalue weighted by Gasteiger charge is 2.21. The first-order valence-corrected chi connectivity index (χ1v) is 9.58. The van der Waals surface area contributed by atoms with E-state index in [0.717, 1.165) is 17.4 Å². The smallest absolute Gasteiger partial charge is 0.185 e. The van der Waals surface area contributed by atoms with E-state index in [0.29, 0.717) is 5.56 Å². The number of benzene rings is 2. The first kappa shape index (κ1) is 17.7. The Kier molecular flexibility index (Phi) is 5.86. The average Bonchev–Trinajstić information content (AvgIpc) is 2.68. The molecule has 25 heavy (non-hydrogen) atoms. The van der Waals surface area contributed by atoms with Gasteiger partial charge in [0.05, 0.1) is 0 Å². The van der Waals surface area contributed by atoms with E-state index in [9.17, 15) is 4.79 Å². The van der Waals surface area contributed by atoms with Gasteiger partial charge in [0, 0.05) is 5.56 Å². The number of hydrogen-bond acceptors (Lipinski definition) is 1. The molecule has 1 aliphatic rings. The van der Waals surface area contributed by atoms with Crippen molar-refractivity contribution >= 4 is 5.78 Å². The first-order chi connectivity index (χ1) is 12.2. The molecule has 0 N–H and O–H groups in total. The second-order valence-electron chi connectivity index (χ2n) is 7.27. The lowest BCUT2D eigenvalue weighted by Crippen LogP contribution is -2.13. The van der Waals surface area contributed by atoms with E-state index >= 15 is 0 Å². The number of carbonyl (C=O) groups is 1. The molecule has 1 fully saturated rings. The second kappa shape index (κ2) is 8.29. The summed E-state index contributed by atoms with van der Waals surface area (Å²) in [7, 11) is 0. The van der Waals surface area contributed by atoms with Crippen molar-refractivity contribution in [2.45, 2.75) is 51.4 Å². The van der Waals surface area contributed by atoms with Crippen LogP contribution in [0.1, 0.15) is 67.3 Å². The van der Waals surface area contributed by atoms with Gasteiger partial charge in [-0.3, -0.25) is 4.79 Å². The molecule has 2 aromatic rings. The summed E-state index contributed by atoms with van der Waals surface area (Å²) in [6, 6.07) is 16.8. The van der Waals surface area contributed by atoms with E-state index in [-0.39, 0.29) is 5.78 Å². The van der Waals surface area contributed by atoms with Crippen LogP contribution < -0.4 is 0 Å². The number of rotatable bonds is 6. The van der Waals surface area contributed by atoms with E-state index in [2.05, 4.69) is 37.8 Å². The molecule has 0 unspecified atom stereocenters. The van der Waals surface area contributed by atoms with Gasteiger partial charge in [0.2, 0.25) is 0 Å². The largest absolute Gasteiger partial charge is 0.289 e. The molecule has 0 spiro atoms. The molecule has 0 saturated heterocycles. The second-order valence-corrected chi connectivity index (χ2v) is 7.27. The van der Waals surface area contributed by atoms with Gasteiger partial charge in [0.25, 0.3) is 0 Å². The maximum Gasteiger partial charge on any atom is 0.185 e. The van der Waals surface area contributed by atoms with Crippen LogP contribution in [-0.2, 0) is 0 Å². The molecule has 0 bridgehead atoms. The van der Waals surface area contributed by atoms with Crippen molar-refractivity contribution in [3.63, 3.8) is 0 Å². The zero-order chi connectivity index (χ0) is 17.6. The topological polar surface area (TPSA) is 17.1 Å². The molecule has 2 aromatic carbocycles. The van der Waals surface area contributed by atoms with Crippen molar-refractivity contribution in [2.75, 3.05) is 0 Å². The Balaban J connectivity index is 1.66. The lowest BCUT2D eigenvalue weighted by atomic mass is 9.77. The summed E-state index contributed by atoms with van der Waals surface area (Å²) in [5, 5.41) is 0. The van der Waals surface area contributed by atoms with E-state index < -0.39 is 0 Å². The van der Waals surface area contributed by atoms with Crippen LogP contribution in [0.25, 0.3) is 11.1 Å². The molecule has 1 saturated carbocycles. The van der Waals surface area contributed by atoms with Gasteiger partial charge in [0.15, 0.2) is 5.78 Å². The third-order valence-corrected chi connectivity index (χ3v) is 5.61. The summed E-state index contributed by atoms with van der Waals surface area (Å²) in [6.07, 6.45) is 9.53. The molecule has 1 heteroatoms. The van der Waals surface area contributed by atoms with Gasteiger partial charge in [-0.15, -0.1) is 0 Å². The first-order valence-electron chi connectivity index (χ1n) is 9.58. The van der Waals surface area contributed by atoms with Crippen molar-refractivity contribution in [3.8, 4) is 11.1 Å². The SMILES string of the molecule is C=CC(=O)c1ccc(-c2ccc(C3CCC(CCC)CC3)cc2)cc1. The molecule has 0 heterocycles. The molecular weight excluding hydrogens is 304 g/mol.